The normalized spacial score (nSPS) is 19.8. The minimum absolute atomic E-state index is 0.206. The lowest BCUT2D eigenvalue weighted by atomic mass is 10.1. The Kier molecular flexibility index (Phi) is 6.06. The van der Waals surface area contributed by atoms with Gasteiger partial charge in [-0.3, -0.25) is 4.79 Å². The molecule has 2 atom stereocenters. The van der Waals surface area contributed by atoms with Gasteiger partial charge in [0.2, 0.25) is 0 Å². The number of ether oxygens (including phenoxy) is 3. The molecule has 4 rings (SSSR count). The van der Waals surface area contributed by atoms with Crippen LogP contribution in [0.25, 0.3) is 0 Å². The number of nitrogen functional groups attached to an aromatic ring is 2. The number of hydrogen-bond acceptors (Lipinski definition) is 6. The average Bonchev–Trinajstić information content (AvgIpc) is 3.54. The number of para-hydroxylation sites is 1. The summed E-state index contributed by atoms with van der Waals surface area (Å²) in [4.78, 5) is 11.9. The van der Waals surface area contributed by atoms with Gasteiger partial charge in [-0.2, -0.15) is 0 Å². The van der Waals surface area contributed by atoms with E-state index in [-0.39, 0.29) is 5.91 Å². The molecule has 1 amide bonds. The average molecular weight is 357 g/mol. The van der Waals surface area contributed by atoms with E-state index in [4.69, 9.17) is 25.7 Å². The summed E-state index contributed by atoms with van der Waals surface area (Å²) in [5, 5.41) is 2.77. The topological polar surface area (TPSA) is 115 Å². The van der Waals surface area contributed by atoms with Crippen molar-refractivity contribution in [2.45, 2.75) is 12.2 Å². The number of amides is 1. The van der Waals surface area contributed by atoms with Crippen molar-refractivity contribution in [2.24, 2.45) is 0 Å². The van der Waals surface area contributed by atoms with E-state index in [2.05, 4.69) is 5.32 Å². The highest BCUT2D eigenvalue weighted by Crippen LogP contribution is 2.17. The van der Waals surface area contributed by atoms with Gasteiger partial charge >= 0.3 is 0 Å². The zero-order valence-electron chi connectivity index (χ0n) is 14.4. The summed E-state index contributed by atoms with van der Waals surface area (Å²) in [5.41, 5.74) is 13.3. The maximum absolute atomic E-state index is 11.9. The first-order valence-corrected chi connectivity index (χ1v) is 8.44. The molecular formula is C19H23N3O4. The van der Waals surface area contributed by atoms with Crippen LogP contribution in [0.3, 0.4) is 0 Å². The van der Waals surface area contributed by atoms with Gasteiger partial charge in [-0.1, -0.05) is 18.2 Å². The highest BCUT2D eigenvalue weighted by Gasteiger charge is 2.26. The Balaban J connectivity index is 0.000000181. The largest absolute Gasteiger partial charge is 0.397 e. The summed E-state index contributed by atoms with van der Waals surface area (Å²) in [6.45, 7) is 3.26. The van der Waals surface area contributed by atoms with E-state index in [0.29, 0.717) is 29.1 Å². The molecule has 0 saturated carbocycles. The molecule has 0 aliphatic carbocycles. The first-order chi connectivity index (χ1) is 12.6. The van der Waals surface area contributed by atoms with Crippen molar-refractivity contribution in [3.8, 4) is 0 Å². The molecule has 2 unspecified atom stereocenters. The molecular weight excluding hydrogens is 334 g/mol. The van der Waals surface area contributed by atoms with Crippen LogP contribution in [-0.4, -0.2) is 44.5 Å². The second-order valence-corrected chi connectivity index (χ2v) is 6.11. The molecule has 0 spiro atoms. The maximum Gasteiger partial charge on any atom is 0.255 e. The third kappa shape index (κ3) is 6.03. The molecule has 2 heterocycles. The lowest BCUT2D eigenvalue weighted by Crippen LogP contribution is -2.12. The van der Waals surface area contributed by atoms with Gasteiger partial charge in [-0.15, -0.1) is 0 Å². The summed E-state index contributed by atoms with van der Waals surface area (Å²) >= 11 is 0. The van der Waals surface area contributed by atoms with E-state index in [1.54, 1.807) is 18.2 Å². The van der Waals surface area contributed by atoms with Gasteiger partial charge < -0.3 is 31.0 Å². The van der Waals surface area contributed by atoms with Crippen LogP contribution >= 0.6 is 0 Å². The maximum atomic E-state index is 11.9. The lowest BCUT2D eigenvalue weighted by Gasteiger charge is -2.06. The third-order valence-electron chi connectivity index (χ3n) is 3.79. The fraction of sp³-hybridized carbons (Fsp3) is 0.316. The molecule has 0 aromatic heterocycles. The number of epoxide rings is 2. The molecule has 2 saturated heterocycles. The molecule has 2 aromatic rings. The number of benzene rings is 2. The van der Waals surface area contributed by atoms with Crippen LogP contribution in [0.5, 0.6) is 0 Å². The molecule has 5 N–H and O–H groups in total. The van der Waals surface area contributed by atoms with Gasteiger partial charge in [0.25, 0.3) is 5.91 Å². The van der Waals surface area contributed by atoms with Crippen LogP contribution in [-0.2, 0) is 14.2 Å². The second-order valence-electron chi connectivity index (χ2n) is 6.11. The quantitative estimate of drug-likeness (QED) is 0.537. The molecule has 0 bridgehead atoms. The molecule has 2 aliphatic rings. The predicted octanol–water partition coefficient (Wildman–Crippen LogP) is 1.90. The van der Waals surface area contributed by atoms with Gasteiger partial charge in [0, 0.05) is 11.3 Å². The van der Waals surface area contributed by atoms with E-state index in [0.717, 1.165) is 32.1 Å². The van der Waals surface area contributed by atoms with E-state index >= 15 is 0 Å². The number of nitrogens with one attached hydrogen (secondary N) is 1. The van der Waals surface area contributed by atoms with Crippen molar-refractivity contribution in [1.82, 2.24) is 0 Å². The summed E-state index contributed by atoms with van der Waals surface area (Å²) in [6, 6.07) is 14.1. The highest BCUT2D eigenvalue weighted by atomic mass is 16.6. The highest BCUT2D eigenvalue weighted by molar-refractivity contribution is 6.05. The molecule has 2 fully saturated rings. The van der Waals surface area contributed by atoms with Crippen molar-refractivity contribution >= 4 is 23.0 Å². The zero-order valence-corrected chi connectivity index (χ0v) is 14.4. The summed E-state index contributed by atoms with van der Waals surface area (Å²) < 4.78 is 15.1. The fourth-order valence-electron chi connectivity index (χ4n) is 2.10. The SMILES string of the molecule is C(OCC1CO1)C1CO1.Nc1ccc(C(=O)Nc2ccccc2)cc1N. The number of carbonyl (C=O) groups excluding carboxylic acids is 1. The van der Waals surface area contributed by atoms with Gasteiger partial charge in [0.1, 0.15) is 12.2 Å². The van der Waals surface area contributed by atoms with Crippen LogP contribution in [0.4, 0.5) is 17.1 Å². The fourth-order valence-corrected chi connectivity index (χ4v) is 2.10. The first kappa shape index (κ1) is 18.2. The number of rotatable bonds is 6. The Morgan fingerprint density at radius 3 is 2.15 bits per heavy atom. The Bertz CT molecular complexity index is 719. The minimum atomic E-state index is -0.206. The number of carbonyl (C=O) groups is 1. The first-order valence-electron chi connectivity index (χ1n) is 8.44. The number of hydrogen-bond donors (Lipinski definition) is 3. The molecule has 2 aromatic carbocycles. The standard InChI is InChI=1S/C13H13N3O.C6H10O3/c14-11-7-6-9(8-12(11)15)13(17)16-10-4-2-1-3-5-10;1(5-3-8-5)7-2-6-4-9-6/h1-8H,14-15H2,(H,16,17);5-6H,1-4H2. The molecule has 2 aliphatic heterocycles. The zero-order chi connectivity index (χ0) is 18.4. The Hall–Kier alpha value is -2.61. The predicted molar refractivity (Wildman–Crippen MR) is 100.0 cm³/mol. The van der Waals surface area contributed by atoms with Crippen molar-refractivity contribution in [3.63, 3.8) is 0 Å². The van der Waals surface area contributed by atoms with E-state index < -0.39 is 0 Å². The van der Waals surface area contributed by atoms with Gasteiger partial charge in [-0.05, 0) is 30.3 Å². The van der Waals surface area contributed by atoms with Crippen molar-refractivity contribution < 1.29 is 19.0 Å². The van der Waals surface area contributed by atoms with Gasteiger partial charge in [0.15, 0.2) is 0 Å². The lowest BCUT2D eigenvalue weighted by molar-refractivity contribution is 0.102. The molecule has 7 nitrogen and oxygen atoms in total. The van der Waals surface area contributed by atoms with Crippen LogP contribution in [0.1, 0.15) is 10.4 Å². The number of nitrogens with two attached hydrogens (primary N) is 2. The van der Waals surface area contributed by atoms with E-state index in [9.17, 15) is 4.79 Å². The minimum Gasteiger partial charge on any atom is -0.397 e. The van der Waals surface area contributed by atoms with E-state index in [1.807, 2.05) is 30.3 Å². The Morgan fingerprint density at radius 2 is 1.62 bits per heavy atom. The second kappa shape index (κ2) is 8.66. The van der Waals surface area contributed by atoms with E-state index in [1.165, 1.54) is 0 Å². The summed E-state index contributed by atoms with van der Waals surface area (Å²) in [7, 11) is 0. The molecule has 0 radical (unpaired) electrons. The summed E-state index contributed by atoms with van der Waals surface area (Å²) in [5.74, 6) is -0.206. The van der Waals surface area contributed by atoms with Gasteiger partial charge in [-0.25, -0.2) is 0 Å². The molecule has 26 heavy (non-hydrogen) atoms. The van der Waals surface area contributed by atoms with Gasteiger partial charge in [0.05, 0.1) is 37.8 Å². The smallest absolute Gasteiger partial charge is 0.255 e. The monoisotopic (exact) mass is 357 g/mol. The molecule has 7 heteroatoms. The van der Waals surface area contributed by atoms with Crippen molar-refractivity contribution in [2.75, 3.05) is 43.2 Å². The summed E-state index contributed by atoms with van der Waals surface area (Å²) in [6.07, 6.45) is 0.785. The van der Waals surface area contributed by atoms with Crippen LogP contribution in [0, 0.1) is 0 Å². The van der Waals surface area contributed by atoms with Crippen LogP contribution < -0.4 is 16.8 Å². The molecule has 138 valence electrons. The van der Waals surface area contributed by atoms with Crippen molar-refractivity contribution in [1.29, 1.82) is 0 Å². The van der Waals surface area contributed by atoms with Crippen LogP contribution in [0.2, 0.25) is 0 Å². The van der Waals surface area contributed by atoms with Crippen LogP contribution in [0.15, 0.2) is 48.5 Å². The third-order valence-corrected chi connectivity index (χ3v) is 3.79. The number of anilines is 3. The Morgan fingerprint density at radius 1 is 1.00 bits per heavy atom. The Labute approximate surface area is 152 Å². The van der Waals surface area contributed by atoms with Crippen molar-refractivity contribution in [3.05, 3.63) is 54.1 Å².